The molecular weight excluding hydrogens is 466 g/mol. The fourth-order valence-electron chi connectivity index (χ4n) is 4.07. The maximum atomic E-state index is 13.3. The predicted molar refractivity (Wildman–Crippen MR) is 136 cm³/mol. The van der Waals surface area contributed by atoms with Crippen LogP contribution < -0.4 is 9.64 Å². The molecule has 0 saturated carbocycles. The number of Topliss-reactive ketones (excluding diaryl/α,β-unsaturated/α-hetero) is 1. The Hall–Kier alpha value is -3.77. The van der Waals surface area contributed by atoms with Gasteiger partial charge in [-0.05, 0) is 72.5 Å². The Bertz CT molecular complexity index is 1310. The maximum Gasteiger partial charge on any atom is 0.300 e. The minimum Gasteiger partial charge on any atom is -0.508 e. The van der Waals surface area contributed by atoms with Crippen LogP contribution in [0.3, 0.4) is 0 Å². The molecule has 1 fully saturated rings. The highest BCUT2D eigenvalue weighted by Crippen LogP contribution is 2.43. The number of anilines is 1. The Kier molecular flexibility index (Phi) is 6.85. The van der Waals surface area contributed by atoms with Crippen LogP contribution in [-0.4, -0.2) is 28.5 Å². The second-order valence-electron chi connectivity index (χ2n) is 8.93. The molecule has 1 heterocycles. The van der Waals surface area contributed by atoms with E-state index in [1.54, 1.807) is 54.6 Å². The molecule has 3 aromatic rings. The van der Waals surface area contributed by atoms with Gasteiger partial charge >= 0.3 is 0 Å². The number of aliphatic hydroxyl groups is 1. The Morgan fingerprint density at radius 1 is 1.06 bits per heavy atom. The summed E-state index contributed by atoms with van der Waals surface area (Å²) in [6.45, 7) is 6.52. The van der Waals surface area contributed by atoms with Gasteiger partial charge in [-0.25, -0.2) is 0 Å². The number of phenolic OH excluding ortho intramolecular Hbond substituents is 1. The molecule has 4 rings (SSSR count). The molecule has 0 aliphatic carbocycles. The predicted octanol–water partition coefficient (Wildman–Crippen LogP) is 6.02. The summed E-state index contributed by atoms with van der Waals surface area (Å²) in [5.41, 5.74) is 2.12. The number of aliphatic hydroxyl groups excluding tert-OH is 1. The smallest absolute Gasteiger partial charge is 0.300 e. The summed E-state index contributed by atoms with van der Waals surface area (Å²) in [5, 5.41) is 21.5. The average molecular weight is 492 g/mol. The van der Waals surface area contributed by atoms with E-state index < -0.39 is 17.7 Å². The van der Waals surface area contributed by atoms with E-state index in [0.717, 1.165) is 5.56 Å². The van der Waals surface area contributed by atoms with Crippen molar-refractivity contribution in [2.45, 2.75) is 26.8 Å². The van der Waals surface area contributed by atoms with Gasteiger partial charge in [-0.2, -0.15) is 0 Å². The number of ether oxygens (including phenoxy) is 1. The number of halogens is 1. The van der Waals surface area contributed by atoms with E-state index in [4.69, 9.17) is 16.3 Å². The van der Waals surface area contributed by atoms with E-state index in [1.165, 1.54) is 17.0 Å². The van der Waals surface area contributed by atoms with E-state index in [9.17, 15) is 19.8 Å². The summed E-state index contributed by atoms with van der Waals surface area (Å²) in [6, 6.07) is 17.0. The lowest BCUT2D eigenvalue weighted by Crippen LogP contribution is -2.29. The molecule has 0 bridgehead atoms. The number of hydrogen-bond donors (Lipinski definition) is 2. The highest BCUT2D eigenvalue weighted by Gasteiger charge is 2.47. The molecule has 6 nitrogen and oxygen atoms in total. The molecule has 1 saturated heterocycles. The van der Waals surface area contributed by atoms with Crippen molar-refractivity contribution in [2.75, 3.05) is 11.5 Å². The first-order valence-electron chi connectivity index (χ1n) is 11.3. The quantitative estimate of drug-likeness (QED) is 0.250. The number of hydrogen-bond acceptors (Lipinski definition) is 5. The van der Waals surface area contributed by atoms with E-state index in [-0.39, 0.29) is 17.1 Å². The first-order chi connectivity index (χ1) is 16.7. The van der Waals surface area contributed by atoms with Gasteiger partial charge in [0.1, 0.15) is 17.3 Å². The molecule has 1 aliphatic rings. The number of rotatable bonds is 6. The molecule has 0 radical (unpaired) electrons. The molecule has 0 spiro atoms. The standard InChI is InChI=1S/C28H26ClNO5/c1-16(2)15-35-23-12-9-19(13-17(23)3)26(32)24-25(18-7-10-22(31)11-8-18)30(28(34)27(24)33)21-6-4-5-20(29)14-21/h4-14,16,25,31-32H,15H2,1-3H3/b26-24+. The van der Waals surface area contributed by atoms with Gasteiger partial charge in [0, 0.05) is 16.3 Å². The summed E-state index contributed by atoms with van der Waals surface area (Å²) in [5.74, 6) is -0.788. The van der Waals surface area contributed by atoms with Crippen molar-refractivity contribution in [3.8, 4) is 11.5 Å². The van der Waals surface area contributed by atoms with E-state index in [0.29, 0.717) is 40.1 Å². The molecule has 1 unspecified atom stereocenters. The zero-order valence-electron chi connectivity index (χ0n) is 19.7. The van der Waals surface area contributed by atoms with Crippen molar-refractivity contribution in [1.82, 2.24) is 0 Å². The third-order valence-electron chi connectivity index (χ3n) is 5.76. The summed E-state index contributed by atoms with van der Waals surface area (Å²) in [7, 11) is 0. The third-order valence-corrected chi connectivity index (χ3v) is 6.00. The second-order valence-corrected chi connectivity index (χ2v) is 9.36. The fraction of sp³-hybridized carbons (Fsp3) is 0.214. The van der Waals surface area contributed by atoms with Gasteiger partial charge in [-0.1, -0.05) is 43.6 Å². The second kappa shape index (κ2) is 9.84. The first-order valence-corrected chi connectivity index (χ1v) is 11.6. The van der Waals surface area contributed by atoms with Crippen molar-refractivity contribution in [1.29, 1.82) is 0 Å². The Balaban J connectivity index is 1.85. The number of aryl methyl sites for hydroxylation is 1. The SMILES string of the molecule is Cc1cc(/C(O)=C2\C(=O)C(=O)N(c3cccc(Cl)c3)C2c2ccc(O)cc2)ccc1OCC(C)C. The molecule has 1 atom stereocenters. The average Bonchev–Trinajstić information content (AvgIpc) is 3.08. The van der Waals surface area contributed by atoms with E-state index >= 15 is 0 Å². The van der Waals surface area contributed by atoms with Crippen molar-refractivity contribution >= 4 is 34.7 Å². The molecule has 0 aromatic heterocycles. The number of aromatic hydroxyl groups is 1. The third kappa shape index (κ3) is 4.88. The van der Waals surface area contributed by atoms with Crippen LogP contribution in [0.4, 0.5) is 5.69 Å². The van der Waals surface area contributed by atoms with Crippen LogP contribution in [0.15, 0.2) is 72.3 Å². The van der Waals surface area contributed by atoms with Crippen LogP contribution in [0.5, 0.6) is 11.5 Å². The zero-order chi connectivity index (χ0) is 25.3. The Morgan fingerprint density at radius 3 is 2.40 bits per heavy atom. The van der Waals surface area contributed by atoms with Crippen LogP contribution in [-0.2, 0) is 9.59 Å². The lowest BCUT2D eigenvalue weighted by Gasteiger charge is -2.25. The highest BCUT2D eigenvalue weighted by atomic mass is 35.5. The normalized spacial score (nSPS) is 17.3. The molecule has 35 heavy (non-hydrogen) atoms. The molecule has 180 valence electrons. The molecule has 1 aliphatic heterocycles. The van der Waals surface area contributed by atoms with E-state index in [2.05, 4.69) is 13.8 Å². The van der Waals surface area contributed by atoms with E-state index in [1.807, 2.05) is 6.92 Å². The molecule has 1 amide bonds. The van der Waals surface area contributed by atoms with Gasteiger partial charge in [0.05, 0.1) is 18.2 Å². The number of carbonyl (C=O) groups excluding carboxylic acids is 2. The largest absolute Gasteiger partial charge is 0.508 e. The van der Waals surface area contributed by atoms with Crippen molar-refractivity contribution in [2.24, 2.45) is 5.92 Å². The van der Waals surface area contributed by atoms with Gasteiger partial charge in [0.25, 0.3) is 11.7 Å². The first kappa shape index (κ1) is 24.4. The maximum absolute atomic E-state index is 13.3. The topological polar surface area (TPSA) is 87.1 Å². The highest BCUT2D eigenvalue weighted by molar-refractivity contribution is 6.51. The monoisotopic (exact) mass is 491 g/mol. The van der Waals surface area contributed by atoms with Gasteiger partial charge < -0.3 is 14.9 Å². The number of amides is 1. The molecular formula is C28H26ClNO5. The molecule has 7 heteroatoms. The molecule has 2 N–H and O–H groups in total. The Morgan fingerprint density at radius 2 is 1.77 bits per heavy atom. The van der Waals surface area contributed by atoms with Crippen LogP contribution in [0.2, 0.25) is 5.02 Å². The number of phenols is 1. The number of carbonyl (C=O) groups is 2. The summed E-state index contributed by atoms with van der Waals surface area (Å²) >= 11 is 6.16. The van der Waals surface area contributed by atoms with Crippen molar-refractivity contribution < 1.29 is 24.5 Å². The van der Waals surface area contributed by atoms with Gasteiger partial charge in [-0.15, -0.1) is 0 Å². The Labute approximate surface area is 209 Å². The minimum atomic E-state index is -0.911. The summed E-state index contributed by atoms with van der Waals surface area (Å²) in [4.78, 5) is 27.8. The lowest BCUT2D eigenvalue weighted by atomic mass is 9.94. The van der Waals surface area contributed by atoms with Crippen LogP contribution in [0, 0.1) is 12.8 Å². The zero-order valence-corrected chi connectivity index (χ0v) is 20.4. The van der Waals surface area contributed by atoms with Crippen LogP contribution in [0.25, 0.3) is 5.76 Å². The number of ketones is 1. The van der Waals surface area contributed by atoms with Gasteiger partial charge in [-0.3, -0.25) is 14.5 Å². The number of benzene rings is 3. The van der Waals surface area contributed by atoms with Gasteiger partial charge in [0.2, 0.25) is 0 Å². The summed E-state index contributed by atoms with van der Waals surface area (Å²) in [6.07, 6.45) is 0. The van der Waals surface area contributed by atoms with Crippen LogP contribution in [0.1, 0.15) is 36.6 Å². The fourth-order valence-corrected chi connectivity index (χ4v) is 4.25. The summed E-state index contributed by atoms with van der Waals surface area (Å²) < 4.78 is 5.82. The van der Waals surface area contributed by atoms with Crippen molar-refractivity contribution in [3.05, 3.63) is 94.0 Å². The lowest BCUT2D eigenvalue weighted by molar-refractivity contribution is -0.132. The molecule has 3 aromatic carbocycles. The van der Waals surface area contributed by atoms with Gasteiger partial charge in [0.15, 0.2) is 0 Å². The van der Waals surface area contributed by atoms with Crippen LogP contribution >= 0.6 is 11.6 Å². The number of nitrogens with zero attached hydrogens (tertiary/aromatic N) is 1. The van der Waals surface area contributed by atoms with Crippen molar-refractivity contribution in [3.63, 3.8) is 0 Å². The minimum absolute atomic E-state index is 0.0427.